The van der Waals surface area contributed by atoms with Crippen LogP contribution in [0.15, 0.2) is 18.2 Å². The van der Waals surface area contributed by atoms with Gasteiger partial charge in [0.05, 0.1) is 6.04 Å². The van der Waals surface area contributed by atoms with Crippen LogP contribution in [-0.2, 0) is 11.2 Å². The molecule has 0 bridgehead atoms. The summed E-state index contributed by atoms with van der Waals surface area (Å²) >= 11 is 0. The van der Waals surface area contributed by atoms with Crippen LogP contribution in [0.5, 0.6) is 11.5 Å². The largest absolute Gasteiger partial charge is 0.454 e. The van der Waals surface area contributed by atoms with E-state index in [1.54, 1.807) is 4.90 Å². The minimum Gasteiger partial charge on any atom is -0.454 e. The van der Waals surface area contributed by atoms with Crippen LogP contribution in [-0.4, -0.2) is 36.7 Å². The summed E-state index contributed by atoms with van der Waals surface area (Å²) in [6.45, 7) is 6.21. The zero-order valence-electron chi connectivity index (χ0n) is 13.1. The molecule has 1 aromatic rings. The smallest absolute Gasteiger partial charge is 0.239 e. The van der Waals surface area contributed by atoms with Gasteiger partial charge in [0.15, 0.2) is 11.5 Å². The van der Waals surface area contributed by atoms with Crippen LogP contribution in [0, 0.1) is 5.92 Å². The lowest BCUT2D eigenvalue weighted by molar-refractivity contribution is -0.134. The Kier molecular flexibility index (Phi) is 4.73. The first-order valence-corrected chi connectivity index (χ1v) is 7.31. The highest BCUT2D eigenvalue weighted by Gasteiger charge is 2.24. The van der Waals surface area contributed by atoms with E-state index in [1.807, 2.05) is 46.0 Å². The van der Waals surface area contributed by atoms with Gasteiger partial charge >= 0.3 is 0 Å². The molecular formula is C16H24N2O3. The summed E-state index contributed by atoms with van der Waals surface area (Å²) in [5, 5.41) is 0. The second-order valence-corrected chi connectivity index (χ2v) is 5.96. The van der Waals surface area contributed by atoms with E-state index in [-0.39, 0.29) is 24.7 Å². The number of rotatable bonds is 5. The first-order valence-electron chi connectivity index (χ1n) is 7.31. The number of carbonyl (C=O) groups is 1. The molecule has 0 aliphatic carbocycles. The van der Waals surface area contributed by atoms with Gasteiger partial charge in [-0.2, -0.15) is 0 Å². The Labute approximate surface area is 126 Å². The highest BCUT2D eigenvalue weighted by atomic mass is 16.7. The Hall–Kier alpha value is -1.75. The van der Waals surface area contributed by atoms with Crippen LogP contribution in [0.4, 0.5) is 0 Å². The Balaban J connectivity index is 2.00. The maximum Gasteiger partial charge on any atom is 0.239 e. The number of nitrogens with two attached hydrogens (primary N) is 1. The molecule has 0 saturated heterocycles. The minimum atomic E-state index is -0.450. The third-order valence-corrected chi connectivity index (χ3v) is 3.98. The zero-order valence-corrected chi connectivity index (χ0v) is 13.1. The van der Waals surface area contributed by atoms with Gasteiger partial charge in [-0.1, -0.05) is 19.9 Å². The second-order valence-electron chi connectivity index (χ2n) is 5.96. The molecule has 0 radical (unpaired) electrons. The molecule has 5 nitrogen and oxygen atoms in total. The second kappa shape index (κ2) is 6.35. The predicted octanol–water partition coefficient (Wildman–Crippen LogP) is 1.79. The monoisotopic (exact) mass is 292 g/mol. The number of hydrogen-bond acceptors (Lipinski definition) is 4. The third-order valence-electron chi connectivity index (χ3n) is 3.98. The van der Waals surface area contributed by atoms with Gasteiger partial charge in [0.25, 0.3) is 0 Å². The number of nitrogens with zero attached hydrogens (tertiary/aromatic N) is 1. The summed E-state index contributed by atoms with van der Waals surface area (Å²) in [6, 6.07) is 5.51. The summed E-state index contributed by atoms with van der Waals surface area (Å²) in [6.07, 6.45) is 0.754. The predicted molar refractivity (Wildman–Crippen MR) is 81.3 cm³/mol. The maximum atomic E-state index is 12.3. The highest BCUT2D eigenvalue weighted by Crippen LogP contribution is 2.32. The first kappa shape index (κ1) is 15.6. The Morgan fingerprint density at radius 3 is 2.62 bits per heavy atom. The SMILES string of the molecule is CC(C)C(N)C(=O)N(C)C(C)Cc1ccc2c(c1)OCO2. The molecule has 0 aromatic heterocycles. The standard InChI is InChI=1S/C16H24N2O3/c1-10(2)15(17)16(19)18(4)11(3)7-12-5-6-13-14(8-12)21-9-20-13/h5-6,8,10-11,15H,7,9,17H2,1-4H3. The van der Waals surface area contributed by atoms with Gasteiger partial charge < -0.3 is 20.1 Å². The number of amides is 1. The van der Waals surface area contributed by atoms with Crippen molar-refractivity contribution in [3.8, 4) is 11.5 Å². The van der Waals surface area contributed by atoms with Gasteiger partial charge in [-0.05, 0) is 37.0 Å². The number of hydrogen-bond donors (Lipinski definition) is 1. The summed E-state index contributed by atoms with van der Waals surface area (Å²) < 4.78 is 10.7. The van der Waals surface area contributed by atoms with Gasteiger partial charge in [-0.15, -0.1) is 0 Å². The fraction of sp³-hybridized carbons (Fsp3) is 0.562. The molecule has 0 spiro atoms. The van der Waals surface area contributed by atoms with Crippen molar-refractivity contribution in [1.82, 2.24) is 4.90 Å². The van der Waals surface area contributed by atoms with Gasteiger partial charge in [-0.25, -0.2) is 0 Å². The van der Waals surface area contributed by atoms with Gasteiger partial charge in [-0.3, -0.25) is 4.79 Å². The average Bonchev–Trinajstić information content (AvgIpc) is 2.92. The molecule has 1 heterocycles. The fourth-order valence-electron chi connectivity index (χ4n) is 2.28. The Morgan fingerprint density at radius 2 is 1.95 bits per heavy atom. The molecular weight excluding hydrogens is 268 g/mol. The van der Waals surface area contributed by atoms with Crippen LogP contribution in [0.3, 0.4) is 0 Å². The van der Waals surface area contributed by atoms with Gasteiger partial charge in [0.2, 0.25) is 12.7 Å². The molecule has 2 atom stereocenters. The lowest BCUT2D eigenvalue weighted by atomic mass is 10.0. The Bertz CT molecular complexity index is 516. The van der Waals surface area contributed by atoms with Crippen LogP contribution >= 0.6 is 0 Å². The van der Waals surface area contributed by atoms with Crippen molar-refractivity contribution in [2.75, 3.05) is 13.8 Å². The third kappa shape index (κ3) is 3.47. The first-order chi connectivity index (χ1) is 9.90. The summed E-state index contributed by atoms with van der Waals surface area (Å²) in [4.78, 5) is 14.0. The van der Waals surface area contributed by atoms with E-state index in [9.17, 15) is 4.79 Å². The van der Waals surface area contributed by atoms with E-state index in [1.165, 1.54) is 0 Å². The maximum absolute atomic E-state index is 12.3. The molecule has 0 fully saturated rings. The van der Waals surface area contributed by atoms with Crippen molar-refractivity contribution in [2.45, 2.75) is 39.3 Å². The normalized spacial score (nSPS) is 15.9. The van der Waals surface area contributed by atoms with Gasteiger partial charge in [0, 0.05) is 13.1 Å². The Morgan fingerprint density at radius 1 is 1.29 bits per heavy atom. The van der Waals surface area contributed by atoms with Crippen LogP contribution in [0.2, 0.25) is 0 Å². The summed E-state index contributed by atoms with van der Waals surface area (Å²) in [5.41, 5.74) is 7.05. The summed E-state index contributed by atoms with van der Waals surface area (Å²) in [7, 11) is 1.81. The fourth-order valence-corrected chi connectivity index (χ4v) is 2.28. The van der Waals surface area contributed by atoms with Crippen LogP contribution in [0.25, 0.3) is 0 Å². The number of ether oxygens (including phenoxy) is 2. The molecule has 2 unspecified atom stereocenters. The van der Waals surface area contributed by atoms with Gasteiger partial charge in [0.1, 0.15) is 0 Å². The van der Waals surface area contributed by atoms with Crippen LogP contribution < -0.4 is 15.2 Å². The molecule has 5 heteroatoms. The number of likely N-dealkylation sites (N-methyl/N-ethyl adjacent to an activating group) is 1. The number of benzene rings is 1. The molecule has 2 rings (SSSR count). The van der Waals surface area contributed by atoms with E-state index in [2.05, 4.69) is 0 Å². The topological polar surface area (TPSA) is 64.8 Å². The van der Waals surface area contributed by atoms with Crippen molar-refractivity contribution < 1.29 is 14.3 Å². The van der Waals surface area contributed by atoms with Crippen molar-refractivity contribution in [3.05, 3.63) is 23.8 Å². The van der Waals surface area contributed by atoms with Crippen molar-refractivity contribution in [2.24, 2.45) is 11.7 Å². The molecule has 1 aliphatic rings. The van der Waals surface area contributed by atoms with E-state index in [0.29, 0.717) is 0 Å². The lowest BCUT2D eigenvalue weighted by Crippen LogP contribution is -2.48. The van der Waals surface area contributed by atoms with Crippen LogP contribution in [0.1, 0.15) is 26.3 Å². The van der Waals surface area contributed by atoms with E-state index < -0.39 is 6.04 Å². The zero-order chi connectivity index (χ0) is 15.6. The molecule has 1 amide bonds. The average molecular weight is 292 g/mol. The van der Waals surface area contributed by atoms with E-state index in [4.69, 9.17) is 15.2 Å². The van der Waals surface area contributed by atoms with Crippen molar-refractivity contribution >= 4 is 5.91 Å². The molecule has 21 heavy (non-hydrogen) atoms. The van der Waals surface area contributed by atoms with Crippen molar-refractivity contribution in [3.63, 3.8) is 0 Å². The van der Waals surface area contributed by atoms with Crippen molar-refractivity contribution in [1.29, 1.82) is 0 Å². The van der Waals surface area contributed by atoms with E-state index in [0.717, 1.165) is 23.5 Å². The summed E-state index contributed by atoms with van der Waals surface area (Å²) in [5.74, 6) is 1.67. The molecule has 1 aliphatic heterocycles. The molecule has 0 saturated carbocycles. The molecule has 1 aromatic carbocycles. The molecule has 116 valence electrons. The highest BCUT2D eigenvalue weighted by molar-refractivity contribution is 5.81. The quantitative estimate of drug-likeness (QED) is 0.898. The lowest BCUT2D eigenvalue weighted by Gasteiger charge is -2.29. The number of carbonyl (C=O) groups excluding carboxylic acids is 1. The number of fused-ring (bicyclic) bond motifs is 1. The van der Waals surface area contributed by atoms with E-state index >= 15 is 0 Å². The minimum absolute atomic E-state index is 0.0155. The molecule has 2 N–H and O–H groups in total.